The second-order valence-electron chi connectivity index (χ2n) is 8.73. The molecule has 3 aromatic heterocycles. The third-order valence-electron chi connectivity index (χ3n) is 5.56. The normalized spacial score (nSPS) is 12.0. The molecule has 0 atom stereocenters. The molecule has 162 valence electrons. The molecule has 0 aliphatic heterocycles. The highest BCUT2D eigenvalue weighted by Crippen LogP contribution is 2.25. The SMILES string of the molecule is CC(C)(C)c1ccc(OCCn2c3ccccc3n3c(=O)c(-c4cccs4)nnc23)cc1. The van der Waals surface area contributed by atoms with Gasteiger partial charge >= 0.3 is 0 Å². The van der Waals surface area contributed by atoms with Gasteiger partial charge in [-0.05, 0) is 46.7 Å². The van der Waals surface area contributed by atoms with Crippen molar-refractivity contribution in [2.75, 3.05) is 6.61 Å². The first-order chi connectivity index (χ1) is 15.4. The number of ether oxygens (including phenoxy) is 1. The Hall–Kier alpha value is -3.45. The van der Waals surface area contributed by atoms with Crippen LogP contribution in [0, 0.1) is 0 Å². The molecule has 0 bridgehead atoms. The van der Waals surface area contributed by atoms with Crippen molar-refractivity contribution in [1.29, 1.82) is 0 Å². The van der Waals surface area contributed by atoms with Gasteiger partial charge < -0.3 is 9.30 Å². The summed E-state index contributed by atoms with van der Waals surface area (Å²) in [7, 11) is 0. The minimum atomic E-state index is -0.161. The molecule has 0 saturated heterocycles. The Morgan fingerprint density at radius 2 is 1.69 bits per heavy atom. The minimum absolute atomic E-state index is 0.107. The smallest absolute Gasteiger partial charge is 0.287 e. The highest BCUT2D eigenvalue weighted by molar-refractivity contribution is 7.13. The van der Waals surface area contributed by atoms with Gasteiger partial charge in [0.15, 0.2) is 5.69 Å². The molecule has 0 unspecified atom stereocenters. The predicted octanol–water partition coefficient (Wildman–Crippen LogP) is 5.15. The molecule has 2 aromatic carbocycles. The van der Waals surface area contributed by atoms with Gasteiger partial charge in [-0.3, -0.25) is 4.79 Å². The molecule has 0 saturated carbocycles. The van der Waals surface area contributed by atoms with Crippen molar-refractivity contribution in [2.45, 2.75) is 32.7 Å². The Morgan fingerprint density at radius 1 is 0.938 bits per heavy atom. The van der Waals surface area contributed by atoms with Crippen LogP contribution in [0.4, 0.5) is 0 Å². The Bertz CT molecular complexity index is 1440. The van der Waals surface area contributed by atoms with Gasteiger partial charge in [-0.2, -0.15) is 0 Å². The van der Waals surface area contributed by atoms with E-state index in [-0.39, 0.29) is 11.0 Å². The fraction of sp³-hybridized carbons (Fsp3) is 0.240. The standard InChI is InChI=1S/C25H24N4O2S/c1-25(2,3)17-10-12-18(13-11-17)31-15-14-28-19-7-4-5-8-20(19)29-23(30)22(26-27-24(28)29)21-9-6-16-32-21/h4-13,16H,14-15H2,1-3H3. The zero-order valence-electron chi connectivity index (χ0n) is 18.3. The van der Waals surface area contributed by atoms with E-state index in [1.807, 2.05) is 58.5 Å². The van der Waals surface area contributed by atoms with Crippen molar-refractivity contribution in [3.8, 4) is 16.3 Å². The molecule has 0 fully saturated rings. The summed E-state index contributed by atoms with van der Waals surface area (Å²) in [5, 5.41) is 10.6. The summed E-state index contributed by atoms with van der Waals surface area (Å²) < 4.78 is 9.64. The number of imidazole rings is 1. The molecule has 32 heavy (non-hydrogen) atoms. The quantitative estimate of drug-likeness (QED) is 0.376. The average molecular weight is 445 g/mol. The van der Waals surface area contributed by atoms with Crippen LogP contribution < -0.4 is 10.3 Å². The number of hydrogen-bond donors (Lipinski definition) is 0. The van der Waals surface area contributed by atoms with E-state index in [4.69, 9.17) is 4.74 Å². The second kappa shape index (κ2) is 7.91. The molecule has 7 heteroatoms. The molecule has 0 aliphatic carbocycles. The number of benzene rings is 2. The van der Waals surface area contributed by atoms with Gasteiger partial charge in [-0.1, -0.05) is 51.1 Å². The van der Waals surface area contributed by atoms with Gasteiger partial charge in [0.25, 0.3) is 5.56 Å². The van der Waals surface area contributed by atoms with Crippen LogP contribution in [0.2, 0.25) is 0 Å². The Kier molecular flexibility index (Phi) is 5.06. The van der Waals surface area contributed by atoms with Crippen LogP contribution in [0.15, 0.2) is 70.8 Å². The van der Waals surface area contributed by atoms with E-state index in [2.05, 4.69) is 43.1 Å². The van der Waals surface area contributed by atoms with Crippen LogP contribution in [0.3, 0.4) is 0 Å². The average Bonchev–Trinajstić information content (AvgIpc) is 3.41. The summed E-state index contributed by atoms with van der Waals surface area (Å²) in [6.45, 7) is 7.57. The summed E-state index contributed by atoms with van der Waals surface area (Å²) in [6.07, 6.45) is 0. The maximum Gasteiger partial charge on any atom is 0.287 e. The zero-order valence-corrected chi connectivity index (χ0v) is 19.1. The first-order valence-electron chi connectivity index (χ1n) is 10.6. The van der Waals surface area contributed by atoms with Crippen LogP contribution in [-0.4, -0.2) is 25.8 Å². The molecule has 5 aromatic rings. The fourth-order valence-electron chi connectivity index (χ4n) is 3.85. The molecule has 0 amide bonds. The Balaban J connectivity index is 1.47. The van der Waals surface area contributed by atoms with Gasteiger partial charge in [-0.25, -0.2) is 4.40 Å². The van der Waals surface area contributed by atoms with E-state index < -0.39 is 0 Å². The van der Waals surface area contributed by atoms with Gasteiger partial charge in [0.1, 0.15) is 12.4 Å². The monoisotopic (exact) mass is 444 g/mol. The molecule has 0 N–H and O–H groups in total. The lowest BCUT2D eigenvalue weighted by Gasteiger charge is -2.19. The summed E-state index contributed by atoms with van der Waals surface area (Å²) in [4.78, 5) is 14.1. The molecular weight excluding hydrogens is 420 g/mol. The molecule has 0 spiro atoms. The summed E-state index contributed by atoms with van der Waals surface area (Å²) >= 11 is 1.48. The molecule has 5 rings (SSSR count). The van der Waals surface area contributed by atoms with Gasteiger partial charge in [-0.15, -0.1) is 21.5 Å². The summed E-state index contributed by atoms with van der Waals surface area (Å²) in [5.41, 5.74) is 3.32. The zero-order chi connectivity index (χ0) is 22.3. The third-order valence-corrected chi connectivity index (χ3v) is 6.44. The lowest BCUT2D eigenvalue weighted by molar-refractivity contribution is 0.301. The summed E-state index contributed by atoms with van der Waals surface area (Å²) in [5.74, 6) is 1.34. The van der Waals surface area contributed by atoms with Crippen molar-refractivity contribution in [1.82, 2.24) is 19.2 Å². The van der Waals surface area contributed by atoms with Crippen LogP contribution in [0.5, 0.6) is 5.75 Å². The number of nitrogens with zero attached hydrogens (tertiary/aromatic N) is 4. The molecule has 0 radical (unpaired) electrons. The Labute approximate surface area is 189 Å². The highest BCUT2D eigenvalue weighted by Gasteiger charge is 2.18. The van der Waals surface area contributed by atoms with Crippen LogP contribution >= 0.6 is 11.3 Å². The van der Waals surface area contributed by atoms with Crippen molar-refractivity contribution in [3.05, 3.63) is 82.0 Å². The topological polar surface area (TPSA) is 61.4 Å². The van der Waals surface area contributed by atoms with Crippen LogP contribution in [0.25, 0.3) is 27.4 Å². The molecular formula is C25H24N4O2S. The number of aromatic nitrogens is 4. The van der Waals surface area contributed by atoms with E-state index in [0.29, 0.717) is 24.6 Å². The third kappa shape index (κ3) is 3.58. The number of fused-ring (bicyclic) bond motifs is 3. The van der Waals surface area contributed by atoms with E-state index >= 15 is 0 Å². The van der Waals surface area contributed by atoms with Gasteiger partial charge in [0.2, 0.25) is 5.78 Å². The molecule has 0 aliphatic rings. The molecule has 3 heterocycles. The second-order valence-corrected chi connectivity index (χ2v) is 9.68. The van der Waals surface area contributed by atoms with Crippen molar-refractivity contribution in [2.24, 2.45) is 0 Å². The van der Waals surface area contributed by atoms with Crippen LogP contribution in [-0.2, 0) is 12.0 Å². The minimum Gasteiger partial charge on any atom is -0.492 e. The van der Waals surface area contributed by atoms with E-state index in [9.17, 15) is 4.79 Å². The maximum absolute atomic E-state index is 13.3. The Morgan fingerprint density at radius 3 is 2.38 bits per heavy atom. The largest absolute Gasteiger partial charge is 0.492 e. The first-order valence-corrected chi connectivity index (χ1v) is 11.5. The number of hydrogen-bond acceptors (Lipinski definition) is 5. The fourth-order valence-corrected chi connectivity index (χ4v) is 4.56. The maximum atomic E-state index is 13.3. The van der Waals surface area contributed by atoms with Crippen molar-refractivity contribution in [3.63, 3.8) is 0 Å². The number of para-hydroxylation sites is 2. The van der Waals surface area contributed by atoms with Gasteiger partial charge in [0.05, 0.1) is 22.5 Å². The number of thiophene rings is 1. The van der Waals surface area contributed by atoms with E-state index in [1.165, 1.54) is 16.9 Å². The lowest BCUT2D eigenvalue weighted by atomic mass is 9.87. The van der Waals surface area contributed by atoms with E-state index in [0.717, 1.165) is 21.7 Å². The van der Waals surface area contributed by atoms with Crippen molar-refractivity contribution >= 4 is 28.1 Å². The van der Waals surface area contributed by atoms with Crippen LogP contribution in [0.1, 0.15) is 26.3 Å². The van der Waals surface area contributed by atoms with E-state index in [1.54, 1.807) is 4.40 Å². The molecule has 6 nitrogen and oxygen atoms in total. The lowest BCUT2D eigenvalue weighted by Crippen LogP contribution is -2.19. The predicted molar refractivity (Wildman–Crippen MR) is 129 cm³/mol. The van der Waals surface area contributed by atoms with Crippen molar-refractivity contribution < 1.29 is 4.74 Å². The first kappa shape index (κ1) is 20.5. The number of rotatable bonds is 5. The summed E-state index contributed by atoms with van der Waals surface area (Å²) in [6, 6.07) is 19.8. The van der Waals surface area contributed by atoms with Gasteiger partial charge in [0, 0.05) is 0 Å². The highest BCUT2D eigenvalue weighted by atomic mass is 32.1.